The van der Waals surface area contributed by atoms with E-state index in [-0.39, 0.29) is 24.0 Å². The summed E-state index contributed by atoms with van der Waals surface area (Å²) in [5.41, 5.74) is 2.74. The molecule has 3 heteroatoms. The van der Waals surface area contributed by atoms with Gasteiger partial charge in [-0.25, -0.2) is 0 Å². The third-order valence-electron chi connectivity index (χ3n) is 5.77. The number of ether oxygens (including phenoxy) is 1. The van der Waals surface area contributed by atoms with Crippen LogP contribution in [0.3, 0.4) is 0 Å². The largest absolute Gasteiger partial charge is 0.374 e. The highest BCUT2D eigenvalue weighted by Gasteiger charge is 2.47. The number of carbonyl (C=O) groups is 1. The fourth-order valence-electron chi connectivity index (χ4n) is 4.40. The summed E-state index contributed by atoms with van der Waals surface area (Å²) in [6.07, 6.45) is 4.85. The van der Waals surface area contributed by atoms with Crippen molar-refractivity contribution in [3.63, 3.8) is 0 Å². The number of fused-ring (bicyclic) bond motifs is 2. The van der Waals surface area contributed by atoms with E-state index in [2.05, 4.69) is 43.4 Å². The molecule has 1 amide bonds. The monoisotopic (exact) mass is 299 g/mol. The Balaban J connectivity index is 1.34. The topological polar surface area (TPSA) is 38.3 Å². The highest BCUT2D eigenvalue weighted by molar-refractivity contribution is 5.80. The normalized spacial score (nSPS) is 37.1. The summed E-state index contributed by atoms with van der Waals surface area (Å²) in [7, 11) is 0. The highest BCUT2D eigenvalue weighted by atomic mass is 16.5. The van der Waals surface area contributed by atoms with Gasteiger partial charge in [0.15, 0.2) is 0 Å². The second kappa shape index (κ2) is 5.38. The zero-order valence-electron chi connectivity index (χ0n) is 13.4. The van der Waals surface area contributed by atoms with Crippen LogP contribution in [0.15, 0.2) is 24.3 Å². The molecule has 2 aliphatic heterocycles. The second-order valence-electron chi connectivity index (χ2n) is 7.43. The van der Waals surface area contributed by atoms with Crippen LogP contribution in [0.25, 0.3) is 0 Å². The zero-order chi connectivity index (χ0) is 15.3. The molecule has 1 saturated carbocycles. The molecule has 1 aromatic carbocycles. The van der Waals surface area contributed by atoms with Crippen molar-refractivity contribution in [1.82, 2.24) is 5.32 Å². The Morgan fingerprint density at radius 3 is 2.86 bits per heavy atom. The van der Waals surface area contributed by atoms with Crippen molar-refractivity contribution < 1.29 is 9.53 Å². The van der Waals surface area contributed by atoms with Crippen molar-refractivity contribution in [2.75, 3.05) is 0 Å². The van der Waals surface area contributed by atoms with E-state index in [1.807, 2.05) is 0 Å². The van der Waals surface area contributed by atoms with Crippen LogP contribution in [0.4, 0.5) is 0 Å². The molecule has 1 aromatic rings. The molecule has 0 unspecified atom stereocenters. The van der Waals surface area contributed by atoms with Gasteiger partial charge in [0.2, 0.25) is 5.91 Å². The summed E-state index contributed by atoms with van der Waals surface area (Å²) >= 11 is 0. The van der Waals surface area contributed by atoms with Gasteiger partial charge < -0.3 is 10.1 Å². The minimum atomic E-state index is 0.0948. The lowest BCUT2D eigenvalue weighted by Crippen LogP contribution is -2.41. The Hall–Kier alpha value is -1.35. The lowest BCUT2D eigenvalue weighted by molar-refractivity contribution is -0.127. The average molecular weight is 299 g/mol. The van der Waals surface area contributed by atoms with Crippen molar-refractivity contribution in [2.24, 2.45) is 11.8 Å². The number of aryl methyl sites for hydroxylation is 1. The van der Waals surface area contributed by atoms with Crippen LogP contribution < -0.4 is 5.32 Å². The molecule has 2 bridgehead atoms. The highest BCUT2D eigenvalue weighted by Crippen LogP contribution is 2.49. The molecule has 2 saturated heterocycles. The molecule has 2 heterocycles. The number of carbonyl (C=O) groups excluding carboxylic acids is 1. The van der Waals surface area contributed by atoms with Gasteiger partial charge in [-0.05, 0) is 56.9 Å². The van der Waals surface area contributed by atoms with E-state index in [1.165, 1.54) is 17.5 Å². The average Bonchev–Trinajstić information content (AvgIpc) is 3.03. The minimum Gasteiger partial charge on any atom is -0.374 e. The van der Waals surface area contributed by atoms with Crippen LogP contribution in [-0.4, -0.2) is 24.2 Å². The van der Waals surface area contributed by atoms with Crippen molar-refractivity contribution in [3.8, 4) is 0 Å². The minimum absolute atomic E-state index is 0.0948. The van der Waals surface area contributed by atoms with Gasteiger partial charge >= 0.3 is 0 Å². The number of rotatable bonds is 4. The van der Waals surface area contributed by atoms with Crippen molar-refractivity contribution in [3.05, 3.63) is 35.4 Å². The molecule has 0 radical (unpaired) electrons. The maximum absolute atomic E-state index is 12.5. The van der Waals surface area contributed by atoms with Gasteiger partial charge in [0.1, 0.15) is 0 Å². The summed E-state index contributed by atoms with van der Waals surface area (Å²) in [6.45, 7) is 4.30. The first-order valence-corrected chi connectivity index (χ1v) is 8.64. The van der Waals surface area contributed by atoms with Crippen LogP contribution in [0.2, 0.25) is 0 Å². The molecule has 0 spiro atoms. The Labute approximate surface area is 132 Å². The second-order valence-corrected chi connectivity index (χ2v) is 7.43. The summed E-state index contributed by atoms with van der Waals surface area (Å²) in [5, 5.41) is 3.26. The molecule has 3 fully saturated rings. The molecule has 118 valence electrons. The molecule has 6 atom stereocenters. The SMILES string of the molecule is Cc1cccc([C@@H]2C[C@@H]2[C@H](C)NC(=O)[C@@H]2C[C@H]3CC[C@H]2O3)c1. The van der Waals surface area contributed by atoms with E-state index in [9.17, 15) is 4.79 Å². The summed E-state index contributed by atoms with van der Waals surface area (Å²) in [5.74, 6) is 1.52. The van der Waals surface area contributed by atoms with Crippen LogP contribution in [0, 0.1) is 18.8 Å². The number of amides is 1. The Kier molecular flexibility index (Phi) is 3.48. The third-order valence-corrected chi connectivity index (χ3v) is 5.77. The van der Waals surface area contributed by atoms with Gasteiger partial charge in [0, 0.05) is 6.04 Å². The maximum atomic E-state index is 12.5. The quantitative estimate of drug-likeness (QED) is 0.927. The molecule has 3 nitrogen and oxygen atoms in total. The van der Waals surface area contributed by atoms with Crippen LogP contribution in [-0.2, 0) is 9.53 Å². The fourth-order valence-corrected chi connectivity index (χ4v) is 4.40. The molecular formula is C19H25NO2. The summed E-state index contributed by atoms with van der Waals surface area (Å²) < 4.78 is 5.81. The predicted octanol–water partition coefficient (Wildman–Crippen LogP) is 3.17. The van der Waals surface area contributed by atoms with Gasteiger partial charge in [-0.3, -0.25) is 4.79 Å². The third kappa shape index (κ3) is 2.56. The molecule has 1 N–H and O–H groups in total. The molecule has 0 aromatic heterocycles. The first-order valence-electron chi connectivity index (χ1n) is 8.64. The van der Waals surface area contributed by atoms with E-state index >= 15 is 0 Å². The van der Waals surface area contributed by atoms with Crippen LogP contribution in [0.5, 0.6) is 0 Å². The standard InChI is InChI=1S/C19H25NO2/c1-11-4-3-5-13(8-11)16-10-15(16)12(2)20-19(21)17-9-14-6-7-18(17)22-14/h3-5,8,12,14-18H,6-7,9-10H2,1-2H3,(H,20,21)/t12-,14+,15+,16-,17+,18+/m0/s1. The number of nitrogens with one attached hydrogen (secondary N) is 1. The van der Waals surface area contributed by atoms with E-state index in [0.717, 1.165) is 19.3 Å². The van der Waals surface area contributed by atoms with E-state index < -0.39 is 0 Å². The van der Waals surface area contributed by atoms with E-state index in [0.29, 0.717) is 17.9 Å². The predicted molar refractivity (Wildman–Crippen MR) is 85.6 cm³/mol. The summed E-state index contributed by atoms with van der Waals surface area (Å²) in [4.78, 5) is 12.5. The Morgan fingerprint density at radius 1 is 1.32 bits per heavy atom. The Bertz CT molecular complexity index is 585. The number of benzene rings is 1. The summed E-state index contributed by atoms with van der Waals surface area (Å²) in [6, 6.07) is 9.04. The fraction of sp³-hybridized carbons (Fsp3) is 0.632. The van der Waals surface area contributed by atoms with Crippen LogP contribution >= 0.6 is 0 Å². The van der Waals surface area contributed by atoms with Gasteiger partial charge in [0.25, 0.3) is 0 Å². The number of hydrogen-bond donors (Lipinski definition) is 1. The lowest BCUT2D eigenvalue weighted by Gasteiger charge is -2.21. The molecule has 1 aliphatic carbocycles. The molecule has 4 rings (SSSR count). The zero-order valence-corrected chi connectivity index (χ0v) is 13.4. The molecule has 22 heavy (non-hydrogen) atoms. The maximum Gasteiger partial charge on any atom is 0.226 e. The van der Waals surface area contributed by atoms with Crippen molar-refractivity contribution >= 4 is 5.91 Å². The van der Waals surface area contributed by atoms with E-state index in [1.54, 1.807) is 0 Å². The Morgan fingerprint density at radius 2 is 2.18 bits per heavy atom. The first-order chi connectivity index (χ1) is 10.6. The van der Waals surface area contributed by atoms with Gasteiger partial charge in [-0.2, -0.15) is 0 Å². The van der Waals surface area contributed by atoms with E-state index in [4.69, 9.17) is 4.74 Å². The number of hydrogen-bond acceptors (Lipinski definition) is 2. The lowest BCUT2D eigenvalue weighted by atomic mass is 9.88. The van der Waals surface area contributed by atoms with Gasteiger partial charge in [-0.1, -0.05) is 29.8 Å². The van der Waals surface area contributed by atoms with Gasteiger partial charge in [0.05, 0.1) is 18.1 Å². The van der Waals surface area contributed by atoms with Crippen molar-refractivity contribution in [2.45, 2.75) is 63.7 Å². The molecular weight excluding hydrogens is 274 g/mol. The van der Waals surface area contributed by atoms with Gasteiger partial charge in [-0.15, -0.1) is 0 Å². The van der Waals surface area contributed by atoms with Crippen molar-refractivity contribution in [1.29, 1.82) is 0 Å². The molecule has 3 aliphatic rings. The smallest absolute Gasteiger partial charge is 0.226 e. The first kappa shape index (κ1) is 14.3. The van der Waals surface area contributed by atoms with Crippen LogP contribution in [0.1, 0.15) is 49.7 Å².